The summed E-state index contributed by atoms with van der Waals surface area (Å²) in [7, 11) is 0. The van der Waals surface area contributed by atoms with E-state index in [0.29, 0.717) is 13.1 Å². The zero-order valence-electron chi connectivity index (χ0n) is 11.1. The van der Waals surface area contributed by atoms with Crippen LogP contribution < -0.4 is 5.32 Å². The van der Waals surface area contributed by atoms with Crippen LogP contribution in [-0.4, -0.2) is 44.7 Å². The van der Waals surface area contributed by atoms with Crippen LogP contribution in [0, 0.1) is 0 Å². The van der Waals surface area contributed by atoms with Crippen LogP contribution in [0.15, 0.2) is 17.6 Å². The second-order valence-electron chi connectivity index (χ2n) is 4.39. The molecule has 0 spiro atoms. The van der Waals surface area contributed by atoms with E-state index in [1.165, 1.54) is 16.7 Å². The van der Waals surface area contributed by atoms with Crippen molar-refractivity contribution in [3.63, 3.8) is 0 Å². The number of rotatable bonds is 5. The fraction of sp³-hybridized carbons (Fsp3) is 0.583. The fourth-order valence-electron chi connectivity index (χ4n) is 1.93. The molecule has 1 aromatic rings. The van der Waals surface area contributed by atoms with Crippen LogP contribution in [0.3, 0.4) is 0 Å². The molecule has 2 rings (SSSR count). The molecule has 0 radical (unpaired) electrons. The van der Waals surface area contributed by atoms with E-state index in [2.05, 4.69) is 17.2 Å². The third-order valence-corrected chi connectivity index (χ3v) is 4.00. The normalized spacial score (nSPS) is 16.5. The third-order valence-electron chi connectivity index (χ3n) is 2.89. The zero-order chi connectivity index (χ0) is 13.8. The Morgan fingerprint density at radius 3 is 3.05 bits per heavy atom. The molecule has 0 aliphatic carbocycles. The summed E-state index contributed by atoms with van der Waals surface area (Å²) in [5.74, 6) is -0.161. The highest BCUT2D eigenvalue weighted by molar-refractivity contribution is 8.00. The van der Waals surface area contributed by atoms with Gasteiger partial charge in [-0.1, -0.05) is 18.7 Å². The van der Waals surface area contributed by atoms with Crippen molar-refractivity contribution in [2.75, 3.05) is 13.1 Å². The number of carbonyl (C=O) groups is 2. The highest BCUT2D eigenvalue weighted by Crippen LogP contribution is 2.23. The Labute approximate surface area is 116 Å². The van der Waals surface area contributed by atoms with Crippen LogP contribution in [0.4, 0.5) is 4.79 Å². The number of nitrogens with zero attached hydrogens (tertiary/aromatic N) is 3. The van der Waals surface area contributed by atoms with Gasteiger partial charge in [0.05, 0.1) is 5.25 Å². The summed E-state index contributed by atoms with van der Waals surface area (Å²) < 4.78 is 2.03. The predicted molar refractivity (Wildman–Crippen MR) is 72.9 cm³/mol. The van der Waals surface area contributed by atoms with Crippen molar-refractivity contribution in [3.05, 3.63) is 12.4 Å². The van der Waals surface area contributed by atoms with Crippen molar-refractivity contribution in [3.8, 4) is 0 Å². The van der Waals surface area contributed by atoms with Gasteiger partial charge in [-0.05, 0) is 13.3 Å². The predicted octanol–water partition coefficient (Wildman–Crippen LogP) is 1.33. The second kappa shape index (κ2) is 6.10. The molecule has 1 aromatic heterocycles. The van der Waals surface area contributed by atoms with Gasteiger partial charge in [0.25, 0.3) is 0 Å². The lowest BCUT2D eigenvalue weighted by Crippen LogP contribution is -2.39. The van der Waals surface area contributed by atoms with E-state index in [4.69, 9.17) is 0 Å². The minimum Gasteiger partial charge on any atom is -0.336 e. The van der Waals surface area contributed by atoms with Crippen LogP contribution in [0.1, 0.15) is 20.3 Å². The molecule has 1 aliphatic heterocycles. The summed E-state index contributed by atoms with van der Waals surface area (Å²) in [6.07, 6.45) is 4.66. The molecule has 0 saturated carbocycles. The number of thioether (sulfide) groups is 1. The Morgan fingerprint density at radius 1 is 1.63 bits per heavy atom. The van der Waals surface area contributed by atoms with Crippen LogP contribution in [0.5, 0.6) is 0 Å². The van der Waals surface area contributed by atoms with Gasteiger partial charge < -0.3 is 9.88 Å². The number of hydrogen-bond acceptors (Lipinski definition) is 4. The number of aromatic nitrogens is 2. The average molecular weight is 282 g/mol. The molecule has 0 aromatic carbocycles. The van der Waals surface area contributed by atoms with Gasteiger partial charge in [0.2, 0.25) is 5.91 Å². The van der Waals surface area contributed by atoms with Gasteiger partial charge in [-0.25, -0.2) is 9.78 Å². The van der Waals surface area contributed by atoms with Gasteiger partial charge in [-0.3, -0.25) is 9.69 Å². The molecular weight excluding hydrogens is 264 g/mol. The fourth-order valence-corrected chi connectivity index (χ4v) is 2.89. The van der Waals surface area contributed by atoms with Crippen LogP contribution in [0.25, 0.3) is 0 Å². The first-order valence-corrected chi connectivity index (χ1v) is 7.28. The maximum Gasteiger partial charge on any atom is 0.324 e. The van der Waals surface area contributed by atoms with Gasteiger partial charge in [-0.2, -0.15) is 0 Å². The Kier molecular flexibility index (Phi) is 4.47. The maximum absolute atomic E-state index is 12.2. The summed E-state index contributed by atoms with van der Waals surface area (Å²) in [6, 6.07) is -0.297. The van der Waals surface area contributed by atoms with E-state index in [1.54, 1.807) is 6.20 Å². The standard InChI is InChI=1S/C12H18N4O2S/c1-3-6-15-7-4-14-12(15)19-9(2)10(17)16-8-5-13-11(16)18/h4,7,9H,3,5-6,8H2,1-2H3,(H,13,18). The lowest BCUT2D eigenvalue weighted by Gasteiger charge is -2.17. The molecule has 3 amide bonds. The Bertz CT molecular complexity index is 474. The lowest BCUT2D eigenvalue weighted by atomic mass is 10.4. The summed E-state index contributed by atoms with van der Waals surface area (Å²) in [4.78, 5) is 29.1. The van der Waals surface area contributed by atoms with Gasteiger partial charge >= 0.3 is 6.03 Å². The average Bonchev–Trinajstić information content (AvgIpc) is 2.99. The number of aryl methyl sites for hydroxylation is 1. The van der Waals surface area contributed by atoms with Crippen molar-refractivity contribution < 1.29 is 9.59 Å². The Morgan fingerprint density at radius 2 is 2.42 bits per heavy atom. The van der Waals surface area contributed by atoms with E-state index in [1.807, 2.05) is 17.7 Å². The summed E-state index contributed by atoms with van der Waals surface area (Å²) in [6.45, 7) is 5.77. The first-order valence-electron chi connectivity index (χ1n) is 6.40. The Balaban J connectivity index is 2.00. The SMILES string of the molecule is CCCn1ccnc1SC(C)C(=O)N1CCNC1=O. The maximum atomic E-state index is 12.2. The van der Waals surface area contributed by atoms with Crippen LogP contribution >= 0.6 is 11.8 Å². The minimum atomic E-state index is -0.318. The molecule has 6 nitrogen and oxygen atoms in total. The van der Waals surface area contributed by atoms with E-state index >= 15 is 0 Å². The molecule has 2 heterocycles. The van der Waals surface area contributed by atoms with Crippen molar-refractivity contribution >= 4 is 23.7 Å². The zero-order valence-corrected chi connectivity index (χ0v) is 11.9. The van der Waals surface area contributed by atoms with Gasteiger partial charge in [0.1, 0.15) is 0 Å². The highest BCUT2D eigenvalue weighted by atomic mass is 32.2. The molecule has 104 valence electrons. The summed E-state index contributed by atoms with van der Waals surface area (Å²) in [5.41, 5.74) is 0. The monoisotopic (exact) mass is 282 g/mol. The number of amides is 3. The number of hydrogen-bond donors (Lipinski definition) is 1. The number of imidazole rings is 1. The number of nitrogens with one attached hydrogen (secondary N) is 1. The van der Waals surface area contributed by atoms with Crippen LogP contribution in [-0.2, 0) is 11.3 Å². The molecule has 0 bridgehead atoms. The van der Waals surface area contributed by atoms with Gasteiger partial charge in [0.15, 0.2) is 5.16 Å². The molecule has 19 heavy (non-hydrogen) atoms. The van der Waals surface area contributed by atoms with E-state index < -0.39 is 0 Å². The molecule has 1 atom stereocenters. The minimum absolute atomic E-state index is 0.161. The number of imide groups is 1. The van der Waals surface area contributed by atoms with Gasteiger partial charge in [0, 0.05) is 32.0 Å². The van der Waals surface area contributed by atoms with Gasteiger partial charge in [-0.15, -0.1) is 0 Å². The quantitative estimate of drug-likeness (QED) is 0.827. The van der Waals surface area contributed by atoms with E-state index in [-0.39, 0.29) is 17.2 Å². The molecule has 1 aliphatic rings. The largest absolute Gasteiger partial charge is 0.336 e. The van der Waals surface area contributed by atoms with E-state index in [0.717, 1.165) is 18.1 Å². The van der Waals surface area contributed by atoms with E-state index in [9.17, 15) is 9.59 Å². The summed E-state index contributed by atoms with van der Waals surface area (Å²) >= 11 is 1.39. The number of carbonyl (C=O) groups excluding carboxylic acids is 2. The molecule has 1 saturated heterocycles. The first kappa shape index (κ1) is 13.9. The highest BCUT2D eigenvalue weighted by Gasteiger charge is 2.30. The molecule has 1 unspecified atom stereocenters. The molecule has 7 heteroatoms. The smallest absolute Gasteiger partial charge is 0.324 e. The second-order valence-corrected chi connectivity index (χ2v) is 5.69. The van der Waals surface area contributed by atoms with Crippen LogP contribution in [0.2, 0.25) is 0 Å². The Hall–Kier alpha value is -1.50. The van der Waals surface area contributed by atoms with Crippen molar-refractivity contribution in [2.45, 2.75) is 37.2 Å². The topological polar surface area (TPSA) is 67.2 Å². The number of urea groups is 1. The molecule has 1 fully saturated rings. The van der Waals surface area contributed by atoms with Crippen molar-refractivity contribution in [2.24, 2.45) is 0 Å². The third kappa shape index (κ3) is 3.09. The molecule has 1 N–H and O–H groups in total. The molecular formula is C12H18N4O2S. The lowest BCUT2D eigenvalue weighted by molar-refractivity contribution is -0.126. The first-order chi connectivity index (χ1) is 9.13. The summed E-state index contributed by atoms with van der Waals surface area (Å²) in [5, 5.41) is 3.14. The van der Waals surface area contributed by atoms with Crippen molar-refractivity contribution in [1.82, 2.24) is 19.8 Å². The van der Waals surface area contributed by atoms with Crippen molar-refractivity contribution in [1.29, 1.82) is 0 Å².